The van der Waals surface area contributed by atoms with E-state index in [0.717, 1.165) is 16.9 Å². The van der Waals surface area contributed by atoms with Crippen molar-refractivity contribution in [3.8, 4) is 5.69 Å². The van der Waals surface area contributed by atoms with Gasteiger partial charge in [-0.2, -0.15) is 5.10 Å². The van der Waals surface area contributed by atoms with E-state index in [9.17, 15) is 9.59 Å². The number of amides is 2. The molecule has 0 radical (unpaired) electrons. The summed E-state index contributed by atoms with van der Waals surface area (Å²) in [6, 6.07) is 16.7. The molecular weight excluding hydrogens is 366 g/mol. The van der Waals surface area contributed by atoms with Crippen LogP contribution in [0.4, 0.5) is 5.69 Å². The van der Waals surface area contributed by atoms with Crippen molar-refractivity contribution >= 4 is 17.5 Å². The lowest BCUT2D eigenvalue weighted by molar-refractivity contribution is -0.116. The number of benzene rings is 2. The van der Waals surface area contributed by atoms with Crippen molar-refractivity contribution in [2.24, 2.45) is 0 Å². The average Bonchev–Trinajstić information content (AvgIpc) is 3.12. The normalized spacial score (nSPS) is 10.8. The van der Waals surface area contributed by atoms with E-state index in [2.05, 4.69) is 15.7 Å². The smallest absolute Gasteiger partial charge is 0.251 e. The molecule has 1 aromatic heterocycles. The lowest BCUT2D eigenvalue weighted by atomic mass is 10.1. The first-order chi connectivity index (χ1) is 13.9. The van der Waals surface area contributed by atoms with Crippen LogP contribution in [0.3, 0.4) is 0 Å². The quantitative estimate of drug-likeness (QED) is 0.649. The van der Waals surface area contributed by atoms with Crippen LogP contribution in [0, 0.1) is 6.92 Å². The van der Waals surface area contributed by atoms with Gasteiger partial charge in [-0.25, -0.2) is 4.68 Å². The Morgan fingerprint density at radius 3 is 2.48 bits per heavy atom. The fraction of sp³-hybridized carbons (Fsp3) is 0.227. The first-order valence-electron chi connectivity index (χ1n) is 9.35. The monoisotopic (exact) mass is 391 g/mol. The molecule has 0 aliphatic carbocycles. The van der Waals surface area contributed by atoms with Crippen molar-refractivity contribution in [3.63, 3.8) is 0 Å². The molecule has 2 N–H and O–H groups in total. The van der Waals surface area contributed by atoms with Crippen molar-refractivity contribution in [1.82, 2.24) is 20.0 Å². The molecule has 0 bridgehead atoms. The molecule has 1 heterocycles. The van der Waals surface area contributed by atoms with E-state index < -0.39 is 0 Å². The van der Waals surface area contributed by atoms with Gasteiger partial charge < -0.3 is 15.5 Å². The van der Waals surface area contributed by atoms with Crippen LogP contribution in [0.15, 0.2) is 60.8 Å². The van der Waals surface area contributed by atoms with Crippen LogP contribution in [0.25, 0.3) is 5.69 Å². The van der Waals surface area contributed by atoms with Crippen molar-refractivity contribution in [3.05, 3.63) is 77.6 Å². The molecule has 0 saturated carbocycles. The number of rotatable bonds is 7. The number of aromatic nitrogens is 2. The van der Waals surface area contributed by atoms with Gasteiger partial charge in [-0.3, -0.25) is 9.59 Å². The van der Waals surface area contributed by atoms with E-state index in [0.29, 0.717) is 24.3 Å². The van der Waals surface area contributed by atoms with Gasteiger partial charge in [-0.15, -0.1) is 0 Å². The summed E-state index contributed by atoms with van der Waals surface area (Å²) >= 11 is 0. The van der Waals surface area contributed by atoms with Gasteiger partial charge in [0.25, 0.3) is 5.91 Å². The Kier molecular flexibility index (Phi) is 6.41. The highest BCUT2D eigenvalue weighted by atomic mass is 16.2. The minimum Gasteiger partial charge on any atom is -0.348 e. The van der Waals surface area contributed by atoms with E-state index >= 15 is 0 Å². The average molecular weight is 391 g/mol. The topological polar surface area (TPSA) is 79.3 Å². The van der Waals surface area contributed by atoms with Gasteiger partial charge in [0.05, 0.1) is 12.2 Å². The summed E-state index contributed by atoms with van der Waals surface area (Å²) < 4.78 is 1.82. The van der Waals surface area contributed by atoms with Gasteiger partial charge in [0.2, 0.25) is 5.91 Å². The molecular formula is C22H25N5O2. The van der Waals surface area contributed by atoms with Crippen LogP contribution in [0.1, 0.15) is 21.6 Å². The molecule has 0 atom stereocenters. The van der Waals surface area contributed by atoms with Crippen LogP contribution in [0.2, 0.25) is 0 Å². The fourth-order valence-electron chi connectivity index (χ4n) is 2.93. The summed E-state index contributed by atoms with van der Waals surface area (Å²) in [6.45, 7) is 2.66. The van der Waals surface area contributed by atoms with Crippen molar-refractivity contribution < 1.29 is 9.59 Å². The predicted molar refractivity (Wildman–Crippen MR) is 113 cm³/mol. The molecule has 3 rings (SSSR count). The molecule has 0 saturated heterocycles. The van der Waals surface area contributed by atoms with E-state index in [-0.39, 0.29) is 11.8 Å². The minimum absolute atomic E-state index is 0.0799. The first-order valence-corrected chi connectivity index (χ1v) is 9.35. The largest absolute Gasteiger partial charge is 0.348 e. The summed E-state index contributed by atoms with van der Waals surface area (Å²) in [6.07, 6.45) is 1.74. The third-order valence-electron chi connectivity index (χ3n) is 4.33. The summed E-state index contributed by atoms with van der Waals surface area (Å²) in [5, 5.41) is 10.0. The molecule has 7 heteroatoms. The zero-order chi connectivity index (χ0) is 20.8. The number of carbonyl (C=O) groups is 2. The summed E-state index contributed by atoms with van der Waals surface area (Å²) in [5.41, 5.74) is 4.13. The van der Waals surface area contributed by atoms with Gasteiger partial charge >= 0.3 is 0 Å². The Morgan fingerprint density at radius 1 is 1.07 bits per heavy atom. The van der Waals surface area contributed by atoms with Crippen LogP contribution in [0.5, 0.6) is 0 Å². The van der Waals surface area contributed by atoms with Crippen LogP contribution in [-0.2, 0) is 11.3 Å². The number of hydrogen-bond acceptors (Lipinski definition) is 4. The number of nitrogens with one attached hydrogen (secondary N) is 2. The van der Waals surface area contributed by atoms with Crippen molar-refractivity contribution in [2.75, 3.05) is 26.0 Å². The number of aryl methyl sites for hydroxylation is 1. The Morgan fingerprint density at radius 2 is 1.83 bits per heavy atom. The maximum absolute atomic E-state index is 12.5. The highest BCUT2D eigenvalue weighted by Gasteiger charge is 2.08. The van der Waals surface area contributed by atoms with E-state index in [1.54, 1.807) is 23.2 Å². The van der Waals surface area contributed by atoms with Crippen LogP contribution >= 0.6 is 0 Å². The number of nitrogens with zero attached hydrogens (tertiary/aromatic N) is 3. The van der Waals surface area contributed by atoms with Crippen LogP contribution < -0.4 is 10.6 Å². The van der Waals surface area contributed by atoms with Gasteiger partial charge in [0.1, 0.15) is 0 Å². The second-order valence-electron chi connectivity index (χ2n) is 7.10. The molecule has 150 valence electrons. The SMILES string of the molecule is Cc1ccnn1-c1ccc(C(=O)NCc2cccc(NC(=O)CN(C)C)c2)cc1. The summed E-state index contributed by atoms with van der Waals surface area (Å²) in [7, 11) is 3.68. The Hall–Kier alpha value is -3.45. The second kappa shape index (κ2) is 9.16. The molecule has 7 nitrogen and oxygen atoms in total. The highest BCUT2D eigenvalue weighted by Crippen LogP contribution is 2.13. The Balaban J connectivity index is 1.58. The number of likely N-dealkylation sites (N-methyl/N-ethyl adjacent to an activating group) is 1. The van der Waals surface area contributed by atoms with E-state index in [4.69, 9.17) is 0 Å². The summed E-state index contributed by atoms with van der Waals surface area (Å²) in [4.78, 5) is 26.2. The van der Waals surface area contributed by atoms with Crippen LogP contribution in [-0.4, -0.2) is 47.1 Å². The molecule has 0 unspecified atom stereocenters. The molecule has 2 amide bonds. The standard InChI is InChI=1S/C22H25N5O2/c1-16-11-12-24-27(16)20-9-7-18(8-10-20)22(29)23-14-17-5-4-6-19(13-17)25-21(28)15-26(2)3/h4-13H,14-15H2,1-3H3,(H,23,29)(H,25,28). The molecule has 0 aliphatic rings. The van der Waals surface area contributed by atoms with Crippen molar-refractivity contribution in [1.29, 1.82) is 0 Å². The molecule has 3 aromatic rings. The lowest BCUT2D eigenvalue weighted by Crippen LogP contribution is -2.27. The highest BCUT2D eigenvalue weighted by molar-refractivity contribution is 5.94. The number of hydrogen-bond donors (Lipinski definition) is 2. The minimum atomic E-state index is -0.157. The van der Waals surface area contributed by atoms with E-state index in [1.807, 2.05) is 68.2 Å². The van der Waals surface area contributed by atoms with Gasteiger partial charge in [0, 0.05) is 29.7 Å². The first kappa shape index (κ1) is 20.3. The zero-order valence-corrected chi connectivity index (χ0v) is 16.8. The Labute approximate surface area is 170 Å². The number of anilines is 1. The molecule has 0 fully saturated rings. The van der Waals surface area contributed by atoms with Gasteiger partial charge in [-0.05, 0) is 69.0 Å². The maximum Gasteiger partial charge on any atom is 0.251 e. The lowest BCUT2D eigenvalue weighted by Gasteiger charge is -2.11. The summed E-state index contributed by atoms with van der Waals surface area (Å²) in [5.74, 6) is -0.237. The van der Waals surface area contributed by atoms with Gasteiger partial charge in [0.15, 0.2) is 0 Å². The zero-order valence-electron chi connectivity index (χ0n) is 16.8. The third-order valence-corrected chi connectivity index (χ3v) is 4.33. The maximum atomic E-state index is 12.5. The third kappa shape index (κ3) is 5.52. The van der Waals surface area contributed by atoms with E-state index in [1.165, 1.54) is 0 Å². The number of carbonyl (C=O) groups excluding carboxylic acids is 2. The molecule has 0 spiro atoms. The Bertz CT molecular complexity index is 992. The second-order valence-corrected chi connectivity index (χ2v) is 7.10. The van der Waals surface area contributed by atoms with Gasteiger partial charge in [-0.1, -0.05) is 12.1 Å². The predicted octanol–water partition coefficient (Wildman–Crippen LogP) is 2.61. The fourth-order valence-corrected chi connectivity index (χ4v) is 2.93. The molecule has 0 aliphatic heterocycles. The van der Waals surface area contributed by atoms with Crippen molar-refractivity contribution in [2.45, 2.75) is 13.5 Å². The molecule has 2 aromatic carbocycles. The molecule has 29 heavy (non-hydrogen) atoms.